The van der Waals surface area contributed by atoms with Crippen LogP contribution in [-0.4, -0.2) is 13.1 Å². The molecule has 3 rings (SSSR count). The summed E-state index contributed by atoms with van der Waals surface area (Å²) in [5, 5.41) is 0.854. The summed E-state index contributed by atoms with van der Waals surface area (Å²) >= 11 is 12.3. The van der Waals surface area contributed by atoms with Crippen LogP contribution in [-0.2, 0) is 5.88 Å². The van der Waals surface area contributed by atoms with Gasteiger partial charge in [0.15, 0.2) is 0 Å². The molecule has 0 radical (unpaired) electrons. The van der Waals surface area contributed by atoms with Crippen LogP contribution in [0.15, 0.2) is 18.2 Å². The molecule has 2 aliphatic rings. The molecule has 1 aromatic rings. The Bertz CT molecular complexity index is 446. The summed E-state index contributed by atoms with van der Waals surface area (Å²) in [6.45, 7) is 2.34. The van der Waals surface area contributed by atoms with Gasteiger partial charge in [0.1, 0.15) is 0 Å². The Kier molecular flexibility index (Phi) is 4.24. The summed E-state index contributed by atoms with van der Waals surface area (Å²) in [5.41, 5.74) is 2.29. The smallest absolute Gasteiger partial charge is 0.0642 e. The SMILES string of the molecule is ClCc1ccc(N2CCC3CCCCC3C2)c(Cl)c1. The van der Waals surface area contributed by atoms with E-state index in [1.807, 2.05) is 6.07 Å². The van der Waals surface area contributed by atoms with E-state index in [2.05, 4.69) is 17.0 Å². The molecule has 2 unspecified atom stereocenters. The number of benzene rings is 1. The van der Waals surface area contributed by atoms with Crippen molar-refractivity contribution in [3.63, 3.8) is 0 Å². The second-order valence-corrected chi connectivity index (χ2v) is 6.63. The van der Waals surface area contributed by atoms with Crippen molar-refractivity contribution >= 4 is 28.9 Å². The Morgan fingerprint density at radius 1 is 1.11 bits per heavy atom. The van der Waals surface area contributed by atoms with Crippen LogP contribution < -0.4 is 4.90 Å². The molecule has 1 saturated carbocycles. The monoisotopic (exact) mass is 297 g/mol. The first kappa shape index (κ1) is 13.6. The Hall–Kier alpha value is -0.400. The fraction of sp³-hybridized carbons (Fsp3) is 0.625. The van der Waals surface area contributed by atoms with Crippen molar-refractivity contribution in [3.8, 4) is 0 Å². The molecule has 104 valence electrons. The van der Waals surface area contributed by atoms with Crippen LogP contribution in [0.1, 0.15) is 37.7 Å². The molecular formula is C16H21Cl2N. The van der Waals surface area contributed by atoms with E-state index in [0.29, 0.717) is 5.88 Å². The Morgan fingerprint density at radius 3 is 2.63 bits per heavy atom. The van der Waals surface area contributed by atoms with Crippen LogP contribution in [0.5, 0.6) is 0 Å². The van der Waals surface area contributed by atoms with Crippen molar-refractivity contribution in [2.45, 2.75) is 38.0 Å². The molecular weight excluding hydrogens is 277 g/mol. The highest BCUT2D eigenvalue weighted by Gasteiger charge is 2.31. The predicted molar refractivity (Wildman–Crippen MR) is 83.3 cm³/mol. The number of nitrogens with zero attached hydrogens (tertiary/aromatic N) is 1. The lowest BCUT2D eigenvalue weighted by atomic mass is 9.75. The molecule has 0 amide bonds. The van der Waals surface area contributed by atoms with E-state index >= 15 is 0 Å². The predicted octanol–water partition coefficient (Wildman–Crippen LogP) is 5.10. The zero-order chi connectivity index (χ0) is 13.2. The molecule has 0 bridgehead atoms. The maximum Gasteiger partial charge on any atom is 0.0642 e. The van der Waals surface area contributed by atoms with Crippen LogP contribution in [0.25, 0.3) is 0 Å². The van der Waals surface area contributed by atoms with Crippen molar-refractivity contribution in [1.29, 1.82) is 0 Å². The first-order chi connectivity index (χ1) is 9.28. The molecule has 1 nitrogen and oxygen atoms in total. The lowest BCUT2D eigenvalue weighted by molar-refractivity contribution is 0.202. The first-order valence-electron chi connectivity index (χ1n) is 7.37. The van der Waals surface area contributed by atoms with Crippen LogP contribution in [0.3, 0.4) is 0 Å². The van der Waals surface area contributed by atoms with E-state index in [9.17, 15) is 0 Å². The molecule has 2 fully saturated rings. The first-order valence-corrected chi connectivity index (χ1v) is 8.28. The highest BCUT2D eigenvalue weighted by Crippen LogP contribution is 2.39. The van der Waals surface area contributed by atoms with Gasteiger partial charge in [-0.25, -0.2) is 0 Å². The van der Waals surface area contributed by atoms with Gasteiger partial charge >= 0.3 is 0 Å². The van der Waals surface area contributed by atoms with Crippen molar-refractivity contribution in [3.05, 3.63) is 28.8 Å². The summed E-state index contributed by atoms with van der Waals surface area (Å²) in [7, 11) is 0. The van der Waals surface area contributed by atoms with Gasteiger partial charge < -0.3 is 4.90 Å². The Labute approximate surface area is 125 Å². The minimum atomic E-state index is 0.532. The second kappa shape index (κ2) is 5.93. The standard InChI is InChI=1S/C16H21Cl2N/c17-10-12-5-6-16(15(18)9-12)19-8-7-13-3-1-2-4-14(13)11-19/h5-6,9,13-14H,1-4,7-8,10-11H2. The van der Waals surface area contributed by atoms with Crippen molar-refractivity contribution in [1.82, 2.24) is 0 Å². The summed E-state index contributed by atoms with van der Waals surface area (Å²) in [6, 6.07) is 6.25. The van der Waals surface area contributed by atoms with Crippen LogP contribution in [0, 0.1) is 11.8 Å². The van der Waals surface area contributed by atoms with Crippen molar-refractivity contribution in [2.24, 2.45) is 11.8 Å². The maximum absolute atomic E-state index is 6.42. The zero-order valence-corrected chi connectivity index (χ0v) is 12.8. The molecule has 1 heterocycles. The van der Waals surface area contributed by atoms with Gasteiger partial charge in [-0.2, -0.15) is 0 Å². The molecule has 1 aliphatic carbocycles. The number of halogens is 2. The molecule has 0 N–H and O–H groups in total. The van der Waals surface area contributed by atoms with E-state index in [-0.39, 0.29) is 0 Å². The lowest BCUT2D eigenvalue weighted by Crippen LogP contribution is -2.41. The Balaban J connectivity index is 1.75. The van der Waals surface area contributed by atoms with Crippen LogP contribution in [0.4, 0.5) is 5.69 Å². The lowest BCUT2D eigenvalue weighted by Gasteiger charge is -2.42. The summed E-state index contributed by atoms with van der Waals surface area (Å²) in [4.78, 5) is 2.48. The van der Waals surface area contributed by atoms with Gasteiger partial charge in [-0.1, -0.05) is 36.9 Å². The second-order valence-electron chi connectivity index (χ2n) is 5.96. The normalized spacial score (nSPS) is 27.2. The van der Waals surface area contributed by atoms with Gasteiger partial charge in [0.05, 0.1) is 10.7 Å². The van der Waals surface area contributed by atoms with Gasteiger partial charge in [0.25, 0.3) is 0 Å². The van der Waals surface area contributed by atoms with Gasteiger partial charge in [0, 0.05) is 19.0 Å². The van der Waals surface area contributed by atoms with Gasteiger partial charge in [-0.15, -0.1) is 11.6 Å². The zero-order valence-electron chi connectivity index (χ0n) is 11.2. The number of hydrogen-bond acceptors (Lipinski definition) is 1. The molecule has 1 saturated heterocycles. The molecule has 1 aliphatic heterocycles. The summed E-state index contributed by atoms with van der Waals surface area (Å²) in [6.07, 6.45) is 7.02. The average molecular weight is 298 g/mol. The van der Waals surface area contributed by atoms with Gasteiger partial charge in [-0.3, -0.25) is 0 Å². The summed E-state index contributed by atoms with van der Waals surface area (Å²) < 4.78 is 0. The number of fused-ring (bicyclic) bond motifs is 1. The Morgan fingerprint density at radius 2 is 1.89 bits per heavy atom. The molecule has 0 aromatic heterocycles. The third-order valence-electron chi connectivity index (χ3n) is 4.80. The van der Waals surface area contributed by atoms with E-state index in [1.54, 1.807) is 0 Å². The van der Waals surface area contributed by atoms with Gasteiger partial charge in [0.2, 0.25) is 0 Å². The summed E-state index contributed by atoms with van der Waals surface area (Å²) in [5.74, 6) is 2.38. The molecule has 19 heavy (non-hydrogen) atoms. The number of alkyl halides is 1. The van der Waals surface area contributed by atoms with Crippen LogP contribution >= 0.6 is 23.2 Å². The highest BCUT2D eigenvalue weighted by molar-refractivity contribution is 6.33. The van der Waals surface area contributed by atoms with E-state index in [4.69, 9.17) is 23.2 Å². The number of piperidine rings is 1. The topological polar surface area (TPSA) is 3.24 Å². The third-order valence-corrected chi connectivity index (χ3v) is 5.41. The molecule has 1 aromatic carbocycles. The maximum atomic E-state index is 6.42. The number of hydrogen-bond donors (Lipinski definition) is 0. The number of anilines is 1. The highest BCUT2D eigenvalue weighted by atomic mass is 35.5. The van der Waals surface area contributed by atoms with Crippen molar-refractivity contribution < 1.29 is 0 Å². The molecule has 0 spiro atoms. The van der Waals surface area contributed by atoms with E-state index in [1.165, 1.54) is 44.3 Å². The quantitative estimate of drug-likeness (QED) is 0.687. The van der Waals surface area contributed by atoms with Gasteiger partial charge in [-0.05, 0) is 42.4 Å². The molecule has 3 heteroatoms. The van der Waals surface area contributed by atoms with Crippen molar-refractivity contribution in [2.75, 3.05) is 18.0 Å². The minimum Gasteiger partial charge on any atom is -0.370 e. The average Bonchev–Trinajstić information content (AvgIpc) is 2.46. The van der Waals surface area contributed by atoms with Crippen LogP contribution in [0.2, 0.25) is 5.02 Å². The fourth-order valence-corrected chi connectivity index (χ4v) is 4.20. The molecule has 2 atom stereocenters. The number of rotatable bonds is 2. The van der Waals surface area contributed by atoms with E-state index < -0.39 is 0 Å². The fourth-order valence-electron chi connectivity index (χ4n) is 3.71. The largest absolute Gasteiger partial charge is 0.370 e. The third kappa shape index (κ3) is 2.87. The van der Waals surface area contributed by atoms with E-state index in [0.717, 1.165) is 29.0 Å². The minimum absolute atomic E-state index is 0.532.